The number of aryl methyl sites for hydroxylation is 2. The topological polar surface area (TPSA) is 49.8 Å². The Morgan fingerprint density at radius 1 is 1.14 bits per heavy atom. The number of hydrogen-bond donors (Lipinski definition) is 2. The first kappa shape index (κ1) is 17.3. The Morgan fingerprint density at radius 2 is 2.07 bits per heavy atom. The lowest BCUT2D eigenvalue weighted by Crippen LogP contribution is -2.29. The summed E-state index contributed by atoms with van der Waals surface area (Å²) in [7, 11) is 0. The van der Waals surface area contributed by atoms with E-state index in [9.17, 15) is 0 Å². The molecule has 1 fully saturated rings. The minimum Gasteiger partial charge on any atom is -0.336 e. The third-order valence-corrected chi connectivity index (χ3v) is 7.26. The average molecular weight is 417 g/mol. The molecule has 2 unspecified atom stereocenters. The zero-order valence-electron chi connectivity index (χ0n) is 15.8. The number of allylic oxidation sites excluding steroid dienone is 4. The van der Waals surface area contributed by atoms with Gasteiger partial charge >= 0.3 is 0 Å². The molecule has 0 spiro atoms. The Balaban J connectivity index is 1.21. The van der Waals surface area contributed by atoms with Gasteiger partial charge in [0.1, 0.15) is 5.01 Å². The largest absolute Gasteiger partial charge is 0.336 e. The summed E-state index contributed by atoms with van der Waals surface area (Å²) in [4.78, 5) is 9.00. The van der Waals surface area contributed by atoms with Gasteiger partial charge in [-0.3, -0.25) is 4.98 Å². The second kappa shape index (κ2) is 6.75. The van der Waals surface area contributed by atoms with Crippen molar-refractivity contribution in [2.75, 3.05) is 5.32 Å². The van der Waals surface area contributed by atoms with Crippen LogP contribution in [0.4, 0.5) is 5.69 Å². The molecule has 0 saturated heterocycles. The van der Waals surface area contributed by atoms with Crippen molar-refractivity contribution in [3.05, 3.63) is 70.6 Å². The number of thiocarbonyl (C=S) groups is 1. The van der Waals surface area contributed by atoms with Crippen LogP contribution in [0.1, 0.15) is 29.0 Å². The summed E-state index contributed by atoms with van der Waals surface area (Å²) in [6, 6.07) is 8.57. The second-order valence-corrected chi connectivity index (χ2v) is 9.45. The molecule has 2 N–H and O–H groups in total. The number of pyridine rings is 1. The number of aromatic nitrogens is 2. The number of anilines is 1. The Morgan fingerprint density at radius 3 is 3.00 bits per heavy atom. The summed E-state index contributed by atoms with van der Waals surface area (Å²) in [5.41, 5.74) is 7.40. The molecule has 6 rings (SSSR count). The molecule has 1 saturated carbocycles. The van der Waals surface area contributed by atoms with Crippen molar-refractivity contribution in [3.8, 4) is 0 Å². The van der Waals surface area contributed by atoms with E-state index in [-0.39, 0.29) is 0 Å². The fraction of sp³-hybridized carbons (Fsp3) is 0.261. The normalized spacial score (nSPS) is 21.8. The molecule has 3 aliphatic carbocycles. The summed E-state index contributed by atoms with van der Waals surface area (Å²) in [6.07, 6.45) is 13.1. The van der Waals surface area contributed by atoms with Gasteiger partial charge < -0.3 is 10.6 Å². The minimum absolute atomic E-state index is 0.551. The first-order valence-electron chi connectivity index (χ1n) is 10.1. The fourth-order valence-electron chi connectivity index (χ4n) is 4.42. The second-order valence-electron chi connectivity index (χ2n) is 8.01. The molecule has 0 aliphatic heterocycles. The van der Waals surface area contributed by atoms with Gasteiger partial charge in [0.05, 0.1) is 10.2 Å². The predicted molar refractivity (Wildman–Crippen MR) is 123 cm³/mol. The first-order chi connectivity index (χ1) is 14.2. The van der Waals surface area contributed by atoms with E-state index >= 15 is 0 Å². The molecule has 0 bridgehead atoms. The molecule has 29 heavy (non-hydrogen) atoms. The highest BCUT2D eigenvalue weighted by atomic mass is 32.1. The van der Waals surface area contributed by atoms with Gasteiger partial charge in [-0.1, -0.05) is 12.1 Å². The van der Waals surface area contributed by atoms with Crippen molar-refractivity contribution in [1.29, 1.82) is 0 Å². The van der Waals surface area contributed by atoms with Crippen molar-refractivity contribution >= 4 is 50.1 Å². The maximum Gasteiger partial charge on any atom is 0.175 e. The zero-order chi connectivity index (χ0) is 19.4. The van der Waals surface area contributed by atoms with E-state index < -0.39 is 0 Å². The molecular weight excluding hydrogens is 396 g/mol. The lowest BCUT2D eigenvalue weighted by Gasteiger charge is -2.17. The fourth-order valence-corrected chi connectivity index (χ4v) is 5.58. The van der Waals surface area contributed by atoms with Crippen LogP contribution in [0.25, 0.3) is 15.8 Å². The predicted octanol–water partition coefficient (Wildman–Crippen LogP) is 5.08. The van der Waals surface area contributed by atoms with Crippen molar-refractivity contribution < 1.29 is 0 Å². The molecule has 2 atom stereocenters. The molecule has 2 heterocycles. The van der Waals surface area contributed by atoms with Gasteiger partial charge in [0.15, 0.2) is 5.11 Å². The maximum atomic E-state index is 5.62. The SMILES string of the molecule is S=C(NC1=CC(c2nc3ccncc3s2)=CC2CC12)Nc1ccc2c(c1)CCC2. The van der Waals surface area contributed by atoms with Crippen LogP contribution < -0.4 is 10.6 Å². The summed E-state index contributed by atoms with van der Waals surface area (Å²) < 4.78 is 1.12. The van der Waals surface area contributed by atoms with Crippen molar-refractivity contribution in [3.63, 3.8) is 0 Å². The highest BCUT2D eigenvalue weighted by Gasteiger charge is 2.41. The number of rotatable bonds is 3. The molecule has 4 nitrogen and oxygen atoms in total. The molecule has 144 valence electrons. The van der Waals surface area contributed by atoms with Crippen LogP contribution in [0, 0.1) is 11.8 Å². The number of hydrogen-bond acceptors (Lipinski definition) is 4. The van der Waals surface area contributed by atoms with Gasteiger partial charge in [0, 0.05) is 35.3 Å². The number of fused-ring (bicyclic) bond motifs is 3. The van der Waals surface area contributed by atoms with Crippen LogP contribution in [0.15, 0.2) is 54.5 Å². The minimum atomic E-state index is 0.551. The van der Waals surface area contributed by atoms with Crippen LogP contribution in [-0.2, 0) is 12.8 Å². The lowest BCUT2D eigenvalue weighted by molar-refractivity contribution is 0.852. The Hall–Kier alpha value is -2.57. The van der Waals surface area contributed by atoms with Crippen LogP contribution in [-0.4, -0.2) is 15.1 Å². The smallest absolute Gasteiger partial charge is 0.175 e. The number of benzene rings is 1. The van der Waals surface area contributed by atoms with E-state index in [4.69, 9.17) is 17.2 Å². The van der Waals surface area contributed by atoms with Gasteiger partial charge in [-0.25, -0.2) is 4.98 Å². The Kier molecular flexibility index (Phi) is 4.03. The van der Waals surface area contributed by atoms with Gasteiger partial charge in [-0.05, 0) is 79.2 Å². The van der Waals surface area contributed by atoms with E-state index in [1.165, 1.54) is 48.1 Å². The van der Waals surface area contributed by atoms with E-state index in [1.807, 2.05) is 12.3 Å². The monoisotopic (exact) mass is 416 g/mol. The van der Waals surface area contributed by atoms with Gasteiger partial charge in [-0.15, -0.1) is 11.3 Å². The molecule has 2 aromatic heterocycles. The highest BCUT2D eigenvalue weighted by molar-refractivity contribution is 7.80. The van der Waals surface area contributed by atoms with Crippen LogP contribution in [0.2, 0.25) is 0 Å². The Bertz CT molecular complexity index is 1170. The summed E-state index contributed by atoms with van der Waals surface area (Å²) in [5.74, 6) is 1.14. The summed E-state index contributed by atoms with van der Waals surface area (Å²) >= 11 is 7.32. The van der Waals surface area contributed by atoms with E-state index in [1.54, 1.807) is 17.5 Å². The highest BCUT2D eigenvalue weighted by Crippen LogP contribution is 2.49. The van der Waals surface area contributed by atoms with Crippen molar-refractivity contribution in [2.24, 2.45) is 11.8 Å². The van der Waals surface area contributed by atoms with Gasteiger partial charge in [-0.2, -0.15) is 0 Å². The zero-order valence-corrected chi connectivity index (χ0v) is 17.4. The molecule has 3 aliphatic rings. The van der Waals surface area contributed by atoms with Crippen LogP contribution >= 0.6 is 23.6 Å². The standard InChI is InChI=1S/C23H20N4S2/c28-23(25-17-5-4-13-2-1-3-14(13)9-17)27-20-11-16(8-15-10-18(15)20)22-26-19-6-7-24-12-21(19)29-22/h4-9,11-12,15,18H,1-3,10H2,(H2,25,27,28). The number of thiazole rings is 1. The first-order valence-corrected chi connectivity index (χ1v) is 11.3. The van der Waals surface area contributed by atoms with Gasteiger partial charge in [0.25, 0.3) is 0 Å². The van der Waals surface area contributed by atoms with E-state index in [2.05, 4.69) is 46.0 Å². The molecule has 3 aromatic rings. The average Bonchev–Trinajstić information content (AvgIpc) is 3.16. The van der Waals surface area contributed by atoms with E-state index in [0.717, 1.165) is 20.9 Å². The van der Waals surface area contributed by atoms with Crippen molar-refractivity contribution in [2.45, 2.75) is 25.7 Å². The summed E-state index contributed by atoms with van der Waals surface area (Å²) in [5, 5.41) is 8.55. The molecular formula is C23H20N4S2. The maximum absolute atomic E-state index is 5.62. The molecule has 1 aromatic carbocycles. The number of nitrogens with zero attached hydrogens (tertiary/aromatic N) is 2. The third-order valence-electron chi connectivity index (χ3n) is 6.00. The Labute approximate surface area is 178 Å². The van der Waals surface area contributed by atoms with Crippen LogP contribution in [0.3, 0.4) is 0 Å². The summed E-state index contributed by atoms with van der Waals surface area (Å²) in [6.45, 7) is 0. The quantitative estimate of drug-likeness (QED) is 0.583. The molecule has 6 heteroatoms. The third kappa shape index (κ3) is 3.26. The van der Waals surface area contributed by atoms with E-state index in [0.29, 0.717) is 16.9 Å². The molecule has 0 amide bonds. The van der Waals surface area contributed by atoms with Gasteiger partial charge in [0.2, 0.25) is 0 Å². The molecule has 0 radical (unpaired) electrons. The number of nitrogens with one attached hydrogen (secondary N) is 2. The van der Waals surface area contributed by atoms with Crippen LogP contribution in [0.5, 0.6) is 0 Å². The van der Waals surface area contributed by atoms with Crippen molar-refractivity contribution in [1.82, 2.24) is 15.3 Å². The lowest BCUT2D eigenvalue weighted by atomic mass is 10.0.